The van der Waals surface area contributed by atoms with E-state index in [1.54, 1.807) is 48.8 Å². The van der Waals surface area contributed by atoms with Crippen molar-refractivity contribution in [2.24, 2.45) is 0 Å². The zero-order chi connectivity index (χ0) is 20.1. The fraction of sp³-hybridized carbons (Fsp3) is 0.0952. The van der Waals surface area contributed by atoms with Crippen molar-refractivity contribution in [2.45, 2.75) is 12.7 Å². The number of hydrogen-bond donors (Lipinski definition) is 1. The lowest BCUT2D eigenvalue weighted by Gasteiger charge is -2.09. The van der Waals surface area contributed by atoms with Crippen LogP contribution in [0.5, 0.6) is 0 Å². The topological polar surface area (TPSA) is 50.0 Å². The zero-order valence-corrected chi connectivity index (χ0v) is 14.6. The Kier molecular flexibility index (Phi) is 5.54. The van der Waals surface area contributed by atoms with E-state index in [0.29, 0.717) is 11.1 Å². The smallest absolute Gasteiger partial charge is 0.321 e. The molecule has 3 aromatic rings. The SMILES string of the molecule is O=C(C[n+]1ccc(C(=O)c2ccccc2)cc1)Nc1cccc(C(F)(F)F)c1. The molecule has 0 bridgehead atoms. The monoisotopic (exact) mass is 385 g/mol. The first-order valence-electron chi connectivity index (χ1n) is 8.39. The molecule has 28 heavy (non-hydrogen) atoms. The van der Waals surface area contributed by atoms with Gasteiger partial charge in [0.25, 0.3) is 5.91 Å². The molecule has 0 atom stereocenters. The molecule has 0 radical (unpaired) electrons. The second-order valence-corrected chi connectivity index (χ2v) is 6.08. The number of alkyl halides is 3. The summed E-state index contributed by atoms with van der Waals surface area (Å²) in [6, 6.07) is 16.4. The van der Waals surface area contributed by atoms with Gasteiger partial charge in [0.05, 0.1) is 5.56 Å². The standard InChI is InChI=1S/C21H15F3N2O2/c22-21(23,24)17-7-4-8-18(13-17)25-19(27)14-26-11-9-16(10-12-26)20(28)15-5-2-1-3-6-15/h1-13H,14H2/p+1. The maximum Gasteiger partial charge on any atom is 0.416 e. The van der Waals surface area contributed by atoms with E-state index in [0.717, 1.165) is 12.1 Å². The molecule has 1 heterocycles. The molecule has 3 rings (SSSR count). The number of nitrogens with zero attached hydrogens (tertiary/aromatic N) is 1. The van der Waals surface area contributed by atoms with Gasteiger partial charge in [-0.15, -0.1) is 0 Å². The Balaban J connectivity index is 1.64. The Labute approximate surface area is 159 Å². The van der Waals surface area contributed by atoms with Gasteiger partial charge in [0.2, 0.25) is 6.54 Å². The third-order valence-corrected chi connectivity index (χ3v) is 3.99. The Bertz CT molecular complexity index is 985. The molecule has 0 unspecified atom stereocenters. The molecule has 0 saturated carbocycles. The molecule has 7 heteroatoms. The normalized spacial score (nSPS) is 11.1. The van der Waals surface area contributed by atoms with Crippen LogP contribution in [0.25, 0.3) is 0 Å². The first-order valence-corrected chi connectivity index (χ1v) is 8.39. The summed E-state index contributed by atoms with van der Waals surface area (Å²) in [7, 11) is 0. The Morgan fingerprint density at radius 3 is 2.14 bits per heavy atom. The van der Waals surface area contributed by atoms with E-state index in [-0.39, 0.29) is 18.0 Å². The van der Waals surface area contributed by atoms with Crippen LogP contribution in [0.4, 0.5) is 18.9 Å². The molecule has 1 amide bonds. The number of aromatic nitrogens is 1. The van der Waals surface area contributed by atoms with E-state index in [2.05, 4.69) is 5.32 Å². The van der Waals surface area contributed by atoms with Crippen LogP contribution in [0.3, 0.4) is 0 Å². The molecule has 0 fully saturated rings. The summed E-state index contributed by atoms with van der Waals surface area (Å²) in [6.07, 6.45) is -1.33. The molecule has 2 aromatic carbocycles. The molecular weight excluding hydrogens is 369 g/mol. The summed E-state index contributed by atoms with van der Waals surface area (Å²) in [5, 5.41) is 2.44. The summed E-state index contributed by atoms with van der Waals surface area (Å²) in [5.41, 5.74) is 0.265. The van der Waals surface area contributed by atoms with Crippen LogP contribution < -0.4 is 9.88 Å². The van der Waals surface area contributed by atoms with Gasteiger partial charge in [-0.1, -0.05) is 36.4 Å². The van der Waals surface area contributed by atoms with E-state index < -0.39 is 17.6 Å². The molecule has 142 valence electrons. The van der Waals surface area contributed by atoms with Crippen molar-refractivity contribution in [3.05, 3.63) is 95.8 Å². The fourth-order valence-electron chi connectivity index (χ4n) is 2.61. The Morgan fingerprint density at radius 2 is 1.50 bits per heavy atom. The molecule has 0 aliphatic heterocycles. The van der Waals surface area contributed by atoms with E-state index in [1.807, 2.05) is 6.07 Å². The Morgan fingerprint density at radius 1 is 0.857 bits per heavy atom. The van der Waals surface area contributed by atoms with E-state index in [9.17, 15) is 22.8 Å². The lowest BCUT2D eigenvalue weighted by atomic mass is 10.0. The molecule has 1 N–H and O–H groups in total. The van der Waals surface area contributed by atoms with Gasteiger partial charge in [-0.3, -0.25) is 9.59 Å². The minimum absolute atomic E-state index is 0.0660. The highest BCUT2D eigenvalue weighted by atomic mass is 19.4. The summed E-state index contributed by atoms with van der Waals surface area (Å²) >= 11 is 0. The zero-order valence-electron chi connectivity index (χ0n) is 14.6. The summed E-state index contributed by atoms with van der Waals surface area (Å²) in [6.45, 7) is -0.101. The van der Waals surface area contributed by atoms with Crippen molar-refractivity contribution in [2.75, 3.05) is 5.32 Å². The van der Waals surface area contributed by atoms with Crippen molar-refractivity contribution in [1.29, 1.82) is 0 Å². The van der Waals surface area contributed by atoms with Crippen molar-refractivity contribution in [3.63, 3.8) is 0 Å². The van der Waals surface area contributed by atoms with Crippen molar-refractivity contribution in [1.82, 2.24) is 0 Å². The highest BCUT2D eigenvalue weighted by Crippen LogP contribution is 2.30. The summed E-state index contributed by atoms with van der Waals surface area (Å²) in [5.74, 6) is -0.618. The Hall–Kier alpha value is -3.48. The largest absolute Gasteiger partial charge is 0.416 e. The third-order valence-electron chi connectivity index (χ3n) is 3.99. The maximum atomic E-state index is 12.7. The van der Waals surface area contributed by atoms with Gasteiger partial charge in [0, 0.05) is 28.9 Å². The molecule has 1 aromatic heterocycles. The van der Waals surface area contributed by atoms with E-state index >= 15 is 0 Å². The lowest BCUT2D eigenvalue weighted by molar-refractivity contribution is -0.684. The number of halogens is 3. The quantitative estimate of drug-likeness (QED) is 0.536. The molecular formula is C21H16F3N2O2+. The van der Waals surface area contributed by atoms with Crippen LogP contribution in [0.1, 0.15) is 21.5 Å². The number of carbonyl (C=O) groups excluding carboxylic acids is 2. The third kappa shape index (κ3) is 4.82. The van der Waals surface area contributed by atoms with Gasteiger partial charge in [-0.2, -0.15) is 17.7 Å². The van der Waals surface area contributed by atoms with Gasteiger partial charge in [-0.05, 0) is 18.2 Å². The minimum Gasteiger partial charge on any atom is -0.321 e. The highest BCUT2D eigenvalue weighted by molar-refractivity contribution is 6.08. The fourth-order valence-corrected chi connectivity index (χ4v) is 2.61. The van der Waals surface area contributed by atoms with Gasteiger partial charge >= 0.3 is 6.18 Å². The van der Waals surface area contributed by atoms with Crippen molar-refractivity contribution < 1.29 is 27.3 Å². The summed E-state index contributed by atoms with van der Waals surface area (Å²) < 4.78 is 39.7. The number of benzene rings is 2. The van der Waals surface area contributed by atoms with Crippen LogP contribution in [0.2, 0.25) is 0 Å². The van der Waals surface area contributed by atoms with Crippen LogP contribution >= 0.6 is 0 Å². The van der Waals surface area contributed by atoms with Crippen LogP contribution in [-0.4, -0.2) is 11.7 Å². The second kappa shape index (κ2) is 8.04. The number of rotatable bonds is 5. The van der Waals surface area contributed by atoms with E-state index in [4.69, 9.17) is 0 Å². The first-order chi connectivity index (χ1) is 13.3. The number of amides is 1. The van der Waals surface area contributed by atoms with Crippen LogP contribution in [-0.2, 0) is 17.5 Å². The lowest BCUT2D eigenvalue weighted by Crippen LogP contribution is -2.39. The molecule has 0 spiro atoms. The molecule has 0 aliphatic rings. The van der Waals surface area contributed by atoms with Gasteiger partial charge in [0.15, 0.2) is 18.2 Å². The average Bonchev–Trinajstić information content (AvgIpc) is 2.68. The number of anilines is 1. The number of ketones is 1. The van der Waals surface area contributed by atoms with Gasteiger partial charge in [0.1, 0.15) is 0 Å². The van der Waals surface area contributed by atoms with Crippen molar-refractivity contribution >= 4 is 17.4 Å². The maximum absolute atomic E-state index is 12.7. The van der Waals surface area contributed by atoms with Crippen molar-refractivity contribution in [3.8, 4) is 0 Å². The van der Waals surface area contributed by atoms with Gasteiger partial charge in [-0.25, -0.2) is 0 Å². The predicted molar refractivity (Wildman–Crippen MR) is 96.6 cm³/mol. The molecule has 4 nitrogen and oxygen atoms in total. The van der Waals surface area contributed by atoms with Gasteiger partial charge < -0.3 is 5.32 Å². The highest BCUT2D eigenvalue weighted by Gasteiger charge is 2.30. The number of nitrogens with one attached hydrogen (secondary N) is 1. The summed E-state index contributed by atoms with van der Waals surface area (Å²) in [4.78, 5) is 24.5. The van der Waals surface area contributed by atoms with Crippen LogP contribution in [0.15, 0.2) is 79.1 Å². The number of hydrogen-bond acceptors (Lipinski definition) is 2. The second-order valence-electron chi connectivity index (χ2n) is 6.08. The number of pyridine rings is 1. The predicted octanol–water partition coefficient (Wildman–Crippen LogP) is 3.86. The number of carbonyl (C=O) groups is 2. The molecule has 0 aliphatic carbocycles. The van der Waals surface area contributed by atoms with Crippen LogP contribution in [0, 0.1) is 0 Å². The van der Waals surface area contributed by atoms with E-state index in [1.165, 1.54) is 16.7 Å². The average molecular weight is 385 g/mol. The molecule has 0 saturated heterocycles. The minimum atomic E-state index is -4.48. The first kappa shape index (κ1) is 19.3.